The highest BCUT2D eigenvalue weighted by atomic mass is 16.5. The van der Waals surface area contributed by atoms with E-state index in [9.17, 15) is 19.5 Å². The number of carbonyl (C=O) groups is 3. The fraction of sp³-hybridized carbons (Fsp3) is 0.400. The summed E-state index contributed by atoms with van der Waals surface area (Å²) in [6.07, 6.45) is 7.46. The van der Waals surface area contributed by atoms with E-state index in [-0.39, 0.29) is 35.8 Å². The molecule has 0 saturated heterocycles. The number of carbonyl (C=O) groups excluding carboxylic acids is 3. The number of imidazole rings is 1. The third kappa shape index (κ3) is 8.53. The Morgan fingerprint density at radius 1 is 0.980 bits per heavy atom. The van der Waals surface area contributed by atoms with Gasteiger partial charge in [-0.1, -0.05) is 75.2 Å². The van der Waals surface area contributed by atoms with Gasteiger partial charge in [-0.15, -0.1) is 0 Å². The lowest BCUT2D eigenvalue weighted by Gasteiger charge is -2.28. The van der Waals surface area contributed by atoms with Crippen molar-refractivity contribution in [3.8, 4) is 11.4 Å². The van der Waals surface area contributed by atoms with E-state index in [4.69, 9.17) is 4.74 Å². The monoisotopic (exact) mass is 664 g/mol. The number of fused-ring (bicyclic) bond motifs is 1. The molecule has 0 bridgehead atoms. The molecule has 0 spiro atoms. The molecule has 1 aliphatic rings. The first-order valence-electron chi connectivity index (χ1n) is 17.5. The number of hydrogen-bond acceptors (Lipinski definition) is 7. The summed E-state index contributed by atoms with van der Waals surface area (Å²) in [6.45, 7) is 6.32. The summed E-state index contributed by atoms with van der Waals surface area (Å²) in [5.74, 6) is -0.403. The van der Waals surface area contributed by atoms with Gasteiger partial charge in [0.1, 0.15) is 5.82 Å². The minimum absolute atomic E-state index is 0.0353. The van der Waals surface area contributed by atoms with Crippen LogP contribution in [0.15, 0.2) is 72.9 Å². The fourth-order valence-corrected chi connectivity index (χ4v) is 6.58. The molecular formula is C40H48N4O5. The highest BCUT2D eigenvalue weighted by Gasteiger charge is 2.28. The Morgan fingerprint density at radius 2 is 1.73 bits per heavy atom. The molecule has 1 aromatic heterocycles. The second-order valence-corrected chi connectivity index (χ2v) is 12.8. The number of aromatic nitrogens is 2. The van der Waals surface area contributed by atoms with Gasteiger partial charge < -0.3 is 25.0 Å². The number of hydrogen-bond donors (Lipinski definition) is 3. The number of nitrogens with one attached hydrogen (secondary N) is 2. The Bertz CT molecular complexity index is 1730. The van der Waals surface area contributed by atoms with Gasteiger partial charge in [-0.25, -0.2) is 9.78 Å². The third-order valence-electron chi connectivity index (χ3n) is 9.42. The molecule has 1 aliphatic heterocycles. The number of methoxy groups -OCH3 is 1. The van der Waals surface area contributed by atoms with Gasteiger partial charge in [0.15, 0.2) is 5.78 Å². The van der Waals surface area contributed by atoms with Crippen molar-refractivity contribution in [2.75, 3.05) is 26.8 Å². The molecule has 3 N–H and O–H groups in total. The topological polar surface area (TPSA) is 125 Å². The van der Waals surface area contributed by atoms with Crippen molar-refractivity contribution in [1.29, 1.82) is 0 Å². The van der Waals surface area contributed by atoms with Gasteiger partial charge in [-0.2, -0.15) is 0 Å². The number of ketones is 1. The number of H-pyrrole nitrogens is 1. The minimum atomic E-state index is -0.538. The molecule has 2 heterocycles. The molecule has 0 radical (unpaired) electrons. The molecule has 258 valence electrons. The Balaban J connectivity index is 1.44. The summed E-state index contributed by atoms with van der Waals surface area (Å²) in [6, 6.07) is 20.4. The second kappa shape index (κ2) is 17.2. The van der Waals surface area contributed by atoms with Crippen LogP contribution < -0.4 is 5.32 Å². The maximum atomic E-state index is 14.3. The average Bonchev–Trinajstić information content (AvgIpc) is 3.62. The van der Waals surface area contributed by atoms with E-state index in [1.165, 1.54) is 7.11 Å². The lowest BCUT2D eigenvalue weighted by molar-refractivity contribution is -0.133. The average molecular weight is 665 g/mol. The fourth-order valence-electron chi connectivity index (χ4n) is 6.58. The number of aryl methyl sites for hydroxylation is 1. The van der Waals surface area contributed by atoms with Crippen LogP contribution in [0.3, 0.4) is 0 Å². The maximum absolute atomic E-state index is 14.3. The standard InChI is InChI=1S/C40H48N4O5/c1-4-6-20-44(21-7-5-2)39(47)32(27-12-9-8-10-13-27)19-17-30-25-42-38(43-30)34-18-16-28(40(48)49-3)22-36(34)37(46)33-15-11-14-29-24-41-31(26-45)23-35(29)33/h8-16,18,22,25,31-32,41,45H,4-7,17,19-21,23-24,26H2,1-3H3,(H,42,43). The quantitative estimate of drug-likeness (QED) is 0.0956. The van der Waals surface area contributed by atoms with Crippen molar-refractivity contribution in [3.05, 3.63) is 112 Å². The molecule has 49 heavy (non-hydrogen) atoms. The molecule has 0 aliphatic carbocycles. The van der Waals surface area contributed by atoms with Crippen molar-refractivity contribution in [2.45, 2.75) is 77.3 Å². The number of ether oxygens (including phenoxy) is 1. The lowest BCUT2D eigenvalue weighted by Crippen LogP contribution is -2.39. The van der Waals surface area contributed by atoms with Gasteiger partial charge in [-0.3, -0.25) is 9.59 Å². The number of nitrogens with zero attached hydrogens (tertiary/aromatic N) is 2. The van der Waals surface area contributed by atoms with Gasteiger partial charge in [0.2, 0.25) is 5.91 Å². The number of aliphatic hydroxyl groups is 1. The Morgan fingerprint density at radius 3 is 2.43 bits per heavy atom. The number of rotatable bonds is 16. The van der Waals surface area contributed by atoms with E-state index in [1.807, 2.05) is 47.4 Å². The highest BCUT2D eigenvalue weighted by Crippen LogP contribution is 2.30. The number of amides is 1. The Kier molecular flexibility index (Phi) is 12.5. The Labute approximate surface area is 289 Å². The van der Waals surface area contributed by atoms with Crippen molar-refractivity contribution >= 4 is 17.7 Å². The van der Waals surface area contributed by atoms with E-state index in [1.54, 1.807) is 30.5 Å². The van der Waals surface area contributed by atoms with Crippen LogP contribution in [0.1, 0.15) is 101 Å². The van der Waals surface area contributed by atoms with Crippen molar-refractivity contribution in [1.82, 2.24) is 20.2 Å². The van der Waals surface area contributed by atoms with E-state index in [2.05, 4.69) is 29.1 Å². The molecule has 9 nitrogen and oxygen atoms in total. The first kappa shape index (κ1) is 35.7. The third-order valence-corrected chi connectivity index (χ3v) is 9.42. The molecular weight excluding hydrogens is 616 g/mol. The molecule has 0 saturated carbocycles. The van der Waals surface area contributed by atoms with Crippen LogP contribution in [0.25, 0.3) is 11.4 Å². The first-order chi connectivity index (χ1) is 23.9. The first-order valence-corrected chi connectivity index (χ1v) is 17.5. The van der Waals surface area contributed by atoms with E-state index in [0.717, 1.165) is 61.2 Å². The molecule has 2 atom stereocenters. The number of benzene rings is 3. The lowest BCUT2D eigenvalue weighted by atomic mass is 9.87. The van der Waals surface area contributed by atoms with E-state index in [0.29, 0.717) is 48.3 Å². The maximum Gasteiger partial charge on any atom is 0.337 e. The SMILES string of the molecule is CCCCN(CCCC)C(=O)C(CCc1cnc(-c2ccc(C(=O)OC)cc2C(=O)c2cccc3c2CC(CO)NC3)[nH]1)c1ccccc1. The molecule has 3 aromatic carbocycles. The molecule has 9 heteroatoms. The van der Waals surface area contributed by atoms with Crippen LogP contribution >= 0.6 is 0 Å². The van der Waals surface area contributed by atoms with Gasteiger partial charge in [0.05, 0.1) is 25.2 Å². The highest BCUT2D eigenvalue weighted by molar-refractivity contribution is 6.14. The number of unbranched alkanes of at least 4 members (excludes halogenated alkanes) is 2. The molecule has 4 aromatic rings. The van der Waals surface area contributed by atoms with Crippen LogP contribution in [-0.4, -0.2) is 70.5 Å². The van der Waals surface area contributed by atoms with Crippen LogP contribution in [0.2, 0.25) is 0 Å². The normalized spacial score (nSPS) is 14.6. The molecule has 1 amide bonds. The predicted octanol–water partition coefficient (Wildman–Crippen LogP) is 6.25. The summed E-state index contributed by atoms with van der Waals surface area (Å²) in [4.78, 5) is 51.0. The second-order valence-electron chi connectivity index (χ2n) is 12.8. The minimum Gasteiger partial charge on any atom is -0.465 e. The van der Waals surface area contributed by atoms with Crippen LogP contribution in [0.4, 0.5) is 0 Å². The van der Waals surface area contributed by atoms with Crippen LogP contribution in [0.5, 0.6) is 0 Å². The van der Waals surface area contributed by atoms with Crippen molar-refractivity contribution in [2.24, 2.45) is 0 Å². The van der Waals surface area contributed by atoms with Crippen LogP contribution in [0, 0.1) is 0 Å². The zero-order valence-corrected chi connectivity index (χ0v) is 28.8. The van der Waals surface area contributed by atoms with E-state index < -0.39 is 5.97 Å². The zero-order chi connectivity index (χ0) is 34.8. The zero-order valence-electron chi connectivity index (χ0n) is 28.8. The summed E-state index contributed by atoms with van der Waals surface area (Å²) in [5, 5.41) is 13.1. The Hall–Kier alpha value is -4.60. The summed E-state index contributed by atoms with van der Waals surface area (Å²) < 4.78 is 4.97. The summed E-state index contributed by atoms with van der Waals surface area (Å²) in [7, 11) is 1.31. The number of aromatic amines is 1. The van der Waals surface area contributed by atoms with Gasteiger partial charge in [0.25, 0.3) is 0 Å². The van der Waals surface area contributed by atoms with E-state index >= 15 is 0 Å². The number of esters is 1. The van der Waals surface area contributed by atoms with Crippen molar-refractivity contribution in [3.63, 3.8) is 0 Å². The van der Waals surface area contributed by atoms with Gasteiger partial charge in [-0.05, 0) is 67.0 Å². The summed E-state index contributed by atoms with van der Waals surface area (Å²) in [5.41, 5.74) is 5.44. The summed E-state index contributed by atoms with van der Waals surface area (Å²) >= 11 is 0. The molecule has 5 rings (SSSR count). The molecule has 2 unspecified atom stereocenters. The molecule has 0 fully saturated rings. The smallest absolute Gasteiger partial charge is 0.337 e. The number of aliphatic hydroxyl groups excluding tert-OH is 1. The van der Waals surface area contributed by atoms with Gasteiger partial charge in [0, 0.05) is 54.3 Å². The largest absolute Gasteiger partial charge is 0.465 e. The predicted molar refractivity (Wildman–Crippen MR) is 191 cm³/mol. The van der Waals surface area contributed by atoms with Crippen molar-refractivity contribution < 1.29 is 24.2 Å². The van der Waals surface area contributed by atoms with Gasteiger partial charge >= 0.3 is 5.97 Å². The van der Waals surface area contributed by atoms with Crippen LogP contribution in [-0.2, 0) is 28.9 Å².